The van der Waals surface area contributed by atoms with Crippen LogP contribution in [0.25, 0.3) is 0 Å². The van der Waals surface area contributed by atoms with E-state index in [1.807, 2.05) is 54.3 Å². The Labute approximate surface area is 220 Å². The summed E-state index contributed by atoms with van der Waals surface area (Å²) in [5, 5.41) is 5.31. The number of hydrogen-bond donors (Lipinski definition) is 1. The molecule has 0 radical (unpaired) electrons. The van der Waals surface area contributed by atoms with Crippen LogP contribution >= 0.6 is 11.3 Å². The lowest BCUT2D eigenvalue weighted by Crippen LogP contribution is -2.40. The van der Waals surface area contributed by atoms with Crippen molar-refractivity contribution in [2.45, 2.75) is 39.3 Å². The molecule has 1 aliphatic rings. The van der Waals surface area contributed by atoms with Crippen molar-refractivity contribution >= 4 is 28.8 Å². The van der Waals surface area contributed by atoms with E-state index in [2.05, 4.69) is 47.6 Å². The fraction of sp³-hybridized carbons (Fsp3) is 0.233. The van der Waals surface area contributed by atoms with Crippen molar-refractivity contribution in [3.8, 4) is 5.75 Å². The number of benzene rings is 3. The second-order valence-electron chi connectivity index (χ2n) is 9.10. The molecule has 0 saturated heterocycles. The third-order valence-electron chi connectivity index (χ3n) is 6.54. The number of hydrogen-bond acceptors (Lipinski definition) is 5. The SMILES string of the molecule is CCC(=O)N1CCc2ccc(OCc3nc(C(=O)Nc4ccccc4)cs3)cc2[C@H]1c1ccc(C)cc1. The molecule has 0 saturated carbocycles. The average molecular weight is 512 g/mol. The first-order chi connectivity index (χ1) is 18.0. The Bertz CT molecular complexity index is 1400. The molecule has 4 aromatic rings. The standard InChI is InChI=1S/C30H29N3O3S/c1-3-28(34)33-16-15-21-13-14-24(17-25(21)29(33)22-11-9-20(2)10-12-22)36-18-27-32-26(19-37-27)30(35)31-23-7-5-4-6-8-23/h4-14,17,19,29H,3,15-16,18H2,1-2H3,(H,31,35)/t29-/m1/s1. The van der Waals surface area contributed by atoms with Crippen LogP contribution in [-0.2, 0) is 17.8 Å². The molecule has 6 nitrogen and oxygen atoms in total. The molecule has 3 aromatic carbocycles. The third-order valence-corrected chi connectivity index (χ3v) is 7.36. The number of para-hydroxylation sites is 1. The molecule has 1 N–H and O–H groups in total. The van der Waals surface area contributed by atoms with Gasteiger partial charge in [-0.15, -0.1) is 11.3 Å². The first-order valence-electron chi connectivity index (χ1n) is 12.4. The van der Waals surface area contributed by atoms with Gasteiger partial charge in [0.15, 0.2) is 0 Å². The van der Waals surface area contributed by atoms with E-state index in [1.54, 1.807) is 5.38 Å². The lowest BCUT2D eigenvalue weighted by Gasteiger charge is -2.38. The normalized spacial score (nSPS) is 14.6. The Morgan fingerprint density at radius 3 is 2.62 bits per heavy atom. The number of thiazole rings is 1. The van der Waals surface area contributed by atoms with Gasteiger partial charge in [-0.25, -0.2) is 4.98 Å². The molecular weight excluding hydrogens is 482 g/mol. The van der Waals surface area contributed by atoms with Crippen LogP contribution in [0.1, 0.15) is 57.1 Å². The fourth-order valence-electron chi connectivity index (χ4n) is 4.61. The van der Waals surface area contributed by atoms with Crippen molar-refractivity contribution in [1.29, 1.82) is 0 Å². The lowest BCUT2D eigenvalue weighted by atomic mass is 9.87. The van der Waals surface area contributed by atoms with Crippen LogP contribution in [0.4, 0.5) is 5.69 Å². The third kappa shape index (κ3) is 5.57. The van der Waals surface area contributed by atoms with Gasteiger partial charge in [0.2, 0.25) is 5.91 Å². The summed E-state index contributed by atoms with van der Waals surface area (Å²) < 4.78 is 6.11. The summed E-state index contributed by atoms with van der Waals surface area (Å²) in [6.45, 7) is 4.93. The molecule has 37 heavy (non-hydrogen) atoms. The molecule has 0 bridgehead atoms. The second kappa shape index (κ2) is 11.0. The number of aromatic nitrogens is 1. The molecule has 5 rings (SSSR count). The quantitative estimate of drug-likeness (QED) is 0.322. The average Bonchev–Trinajstić information content (AvgIpc) is 3.41. The number of ether oxygens (including phenoxy) is 1. The van der Waals surface area contributed by atoms with Gasteiger partial charge < -0.3 is 15.0 Å². The Hall–Kier alpha value is -3.97. The van der Waals surface area contributed by atoms with Gasteiger partial charge in [-0.05, 0) is 54.3 Å². The fourth-order valence-corrected chi connectivity index (χ4v) is 5.29. The van der Waals surface area contributed by atoms with Crippen molar-refractivity contribution in [3.05, 3.63) is 111 Å². The highest BCUT2D eigenvalue weighted by atomic mass is 32.1. The first kappa shape index (κ1) is 24.7. The summed E-state index contributed by atoms with van der Waals surface area (Å²) in [5.41, 5.74) is 5.70. The molecule has 0 aliphatic carbocycles. The van der Waals surface area contributed by atoms with Crippen molar-refractivity contribution in [3.63, 3.8) is 0 Å². The Morgan fingerprint density at radius 1 is 1.08 bits per heavy atom. The topological polar surface area (TPSA) is 71.5 Å². The Balaban J connectivity index is 1.33. The summed E-state index contributed by atoms with van der Waals surface area (Å²) in [6.07, 6.45) is 1.29. The number of anilines is 1. The van der Waals surface area contributed by atoms with Crippen molar-refractivity contribution in [1.82, 2.24) is 9.88 Å². The maximum atomic E-state index is 12.9. The number of aryl methyl sites for hydroxylation is 1. The van der Waals surface area contributed by atoms with Crippen molar-refractivity contribution in [2.24, 2.45) is 0 Å². The van der Waals surface area contributed by atoms with Gasteiger partial charge in [0.05, 0.1) is 6.04 Å². The minimum Gasteiger partial charge on any atom is -0.486 e. The number of carbonyl (C=O) groups is 2. The van der Waals surface area contributed by atoms with Gasteiger partial charge in [0.1, 0.15) is 23.1 Å². The van der Waals surface area contributed by atoms with Gasteiger partial charge in [-0.2, -0.15) is 0 Å². The molecule has 0 unspecified atom stereocenters. The first-order valence-corrected chi connectivity index (χ1v) is 13.3. The van der Waals surface area contributed by atoms with E-state index in [1.165, 1.54) is 22.5 Å². The van der Waals surface area contributed by atoms with E-state index in [0.29, 0.717) is 29.4 Å². The molecule has 2 amide bonds. The minimum atomic E-state index is -0.246. The number of carbonyl (C=O) groups excluding carboxylic acids is 2. The summed E-state index contributed by atoms with van der Waals surface area (Å²) in [5.74, 6) is 0.614. The van der Waals surface area contributed by atoms with E-state index in [9.17, 15) is 9.59 Å². The zero-order valence-electron chi connectivity index (χ0n) is 20.9. The predicted octanol–water partition coefficient (Wildman–Crippen LogP) is 6.17. The number of fused-ring (bicyclic) bond motifs is 1. The highest BCUT2D eigenvalue weighted by Crippen LogP contribution is 2.37. The van der Waals surface area contributed by atoms with E-state index < -0.39 is 0 Å². The van der Waals surface area contributed by atoms with Crippen LogP contribution in [0.3, 0.4) is 0 Å². The summed E-state index contributed by atoms with van der Waals surface area (Å²) in [4.78, 5) is 31.8. The van der Waals surface area contributed by atoms with Crippen LogP contribution < -0.4 is 10.1 Å². The highest BCUT2D eigenvalue weighted by molar-refractivity contribution is 7.09. The summed E-state index contributed by atoms with van der Waals surface area (Å²) in [6, 6.07) is 23.7. The number of nitrogens with one attached hydrogen (secondary N) is 1. The van der Waals surface area contributed by atoms with Crippen LogP contribution in [0.15, 0.2) is 78.2 Å². The molecule has 0 fully saturated rings. The maximum Gasteiger partial charge on any atom is 0.275 e. The number of nitrogens with zero attached hydrogens (tertiary/aromatic N) is 2. The molecule has 2 heterocycles. The smallest absolute Gasteiger partial charge is 0.275 e. The van der Waals surface area contributed by atoms with Gasteiger partial charge in [-0.1, -0.05) is 61.0 Å². The molecule has 0 spiro atoms. The zero-order valence-corrected chi connectivity index (χ0v) is 21.8. The van der Waals surface area contributed by atoms with Crippen molar-refractivity contribution < 1.29 is 14.3 Å². The maximum absolute atomic E-state index is 12.9. The van der Waals surface area contributed by atoms with Crippen LogP contribution in [0.2, 0.25) is 0 Å². The Morgan fingerprint density at radius 2 is 1.86 bits per heavy atom. The number of rotatable bonds is 7. The van der Waals surface area contributed by atoms with Gasteiger partial charge >= 0.3 is 0 Å². The largest absolute Gasteiger partial charge is 0.486 e. The van der Waals surface area contributed by atoms with Gasteiger partial charge in [-0.3, -0.25) is 9.59 Å². The molecule has 1 atom stereocenters. The van der Waals surface area contributed by atoms with Crippen LogP contribution in [-0.4, -0.2) is 28.2 Å². The van der Waals surface area contributed by atoms with Crippen molar-refractivity contribution in [2.75, 3.05) is 11.9 Å². The highest BCUT2D eigenvalue weighted by Gasteiger charge is 2.31. The summed E-state index contributed by atoms with van der Waals surface area (Å²) in [7, 11) is 0. The van der Waals surface area contributed by atoms with Crippen LogP contribution in [0, 0.1) is 6.92 Å². The molecule has 7 heteroatoms. The van der Waals surface area contributed by atoms with E-state index in [0.717, 1.165) is 23.2 Å². The van der Waals surface area contributed by atoms with Crippen LogP contribution in [0.5, 0.6) is 5.75 Å². The van der Waals surface area contributed by atoms with E-state index in [4.69, 9.17) is 4.74 Å². The monoisotopic (exact) mass is 511 g/mol. The van der Waals surface area contributed by atoms with E-state index in [-0.39, 0.29) is 24.5 Å². The van der Waals surface area contributed by atoms with E-state index >= 15 is 0 Å². The zero-order chi connectivity index (χ0) is 25.8. The minimum absolute atomic E-state index is 0.145. The Kier molecular flexibility index (Phi) is 7.32. The molecule has 1 aromatic heterocycles. The molecule has 1 aliphatic heterocycles. The molecular formula is C30H29N3O3S. The number of amides is 2. The molecule has 188 valence electrons. The second-order valence-corrected chi connectivity index (χ2v) is 10.0. The lowest BCUT2D eigenvalue weighted by molar-refractivity contribution is -0.132. The van der Waals surface area contributed by atoms with Gasteiger partial charge in [0.25, 0.3) is 5.91 Å². The summed E-state index contributed by atoms with van der Waals surface area (Å²) >= 11 is 1.39. The predicted molar refractivity (Wildman–Crippen MR) is 146 cm³/mol. The van der Waals surface area contributed by atoms with Gasteiger partial charge in [0, 0.05) is 24.0 Å².